The van der Waals surface area contributed by atoms with Gasteiger partial charge in [0.25, 0.3) is 0 Å². The molecular formula is C24H28N6OS. The van der Waals surface area contributed by atoms with Gasteiger partial charge in [-0.3, -0.25) is 4.68 Å². The highest BCUT2D eigenvalue weighted by molar-refractivity contribution is 7.19. The summed E-state index contributed by atoms with van der Waals surface area (Å²) in [4.78, 5) is 13.1. The van der Waals surface area contributed by atoms with Gasteiger partial charge in [-0.25, -0.2) is 9.97 Å². The van der Waals surface area contributed by atoms with E-state index in [1.54, 1.807) is 18.4 Å². The summed E-state index contributed by atoms with van der Waals surface area (Å²) in [6.45, 7) is 6.66. The highest BCUT2D eigenvalue weighted by atomic mass is 32.1. The number of fused-ring (bicyclic) bond motifs is 1. The van der Waals surface area contributed by atoms with Crippen molar-refractivity contribution in [3.8, 4) is 16.9 Å². The Morgan fingerprint density at radius 2 is 1.97 bits per heavy atom. The molecule has 4 aromatic rings. The van der Waals surface area contributed by atoms with Crippen molar-refractivity contribution in [1.82, 2.24) is 24.6 Å². The number of hydrogen-bond donors (Lipinski definition) is 1. The van der Waals surface area contributed by atoms with Crippen molar-refractivity contribution in [2.24, 2.45) is 0 Å². The molecule has 0 unspecified atom stereocenters. The van der Waals surface area contributed by atoms with Crippen molar-refractivity contribution in [2.45, 2.75) is 32.7 Å². The summed E-state index contributed by atoms with van der Waals surface area (Å²) in [7, 11) is 1.70. The van der Waals surface area contributed by atoms with Crippen LogP contribution >= 0.6 is 11.3 Å². The molecule has 4 heterocycles. The van der Waals surface area contributed by atoms with Crippen LogP contribution < -0.4 is 10.1 Å². The third-order valence-electron chi connectivity index (χ3n) is 5.93. The van der Waals surface area contributed by atoms with Gasteiger partial charge in [0.05, 0.1) is 35.4 Å². The number of rotatable bonds is 8. The summed E-state index contributed by atoms with van der Waals surface area (Å²) < 4.78 is 8.65. The zero-order valence-electron chi connectivity index (χ0n) is 18.5. The summed E-state index contributed by atoms with van der Waals surface area (Å²) in [5.41, 5.74) is 3.99. The first-order chi connectivity index (χ1) is 15.7. The second-order valence-corrected chi connectivity index (χ2v) is 9.42. The number of aryl methyl sites for hydroxylation is 2. The van der Waals surface area contributed by atoms with E-state index in [2.05, 4.69) is 33.3 Å². The molecule has 3 aromatic heterocycles. The van der Waals surface area contributed by atoms with Crippen molar-refractivity contribution >= 4 is 33.2 Å². The zero-order valence-corrected chi connectivity index (χ0v) is 19.4. The predicted octanol–water partition coefficient (Wildman–Crippen LogP) is 5.10. The fourth-order valence-electron chi connectivity index (χ4n) is 4.38. The molecular weight excluding hydrogens is 420 g/mol. The molecule has 1 aliphatic rings. The minimum atomic E-state index is 0.572. The molecule has 0 radical (unpaired) electrons. The van der Waals surface area contributed by atoms with E-state index in [1.807, 2.05) is 41.5 Å². The highest BCUT2D eigenvalue weighted by Gasteiger charge is 2.17. The molecule has 1 aromatic carbocycles. The largest absolute Gasteiger partial charge is 0.496 e. The molecule has 1 saturated heterocycles. The number of anilines is 2. The van der Waals surface area contributed by atoms with E-state index in [0.717, 1.165) is 52.3 Å². The van der Waals surface area contributed by atoms with Crippen LogP contribution in [0.15, 0.2) is 42.9 Å². The molecule has 0 amide bonds. The summed E-state index contributed by atoms with van der Waals surface area (Å²) in [5.74, 6) is 1.42. The number of nitrogens with zero attached hydrogens (tertiary/aromatic N) is 5. The van der Waals surface area contributed by atoms with Crippen LogP contribution in [0.4, 0.5) is 11.6 Å². The van der Waals surface area contributed by atoms with Crippen molar-refractivity contribution < 1.29 is 4.74 Å². The quantitative estimate of drug-likeness (QED) is 0.404. The van der Waals surface area contributed by atoms with Crippen molar-refractivity contribution in [2.75, 3.05) is 32.1 Å². The average Bonchev–Trinajstić information content (AvgIpc) is 3.54. The van der Waals surface area contributed by atoms with E-state index in [-0.39, 0.29) is 0 Å². The van der Waals surface area contributed by atoms with Gasteiger partial charge in [-0.1, -0.05) is 18.2 Å². The first-order valence-electron chi connectivity index (χ1n) is 11.1. The Morgan fingerprint density at radius 3 is 2.81 bits per heavy atom. The molecule has 1 aliphatic heterocycles. The lowest BCUT2D eigenvalue weighted by atomic mass is 10.0. The minimum Gasteiger partial charge on any atom is -0.496 e. The lowest BCUT2D eigenvalue weighted by Gasteiger charge is -2.13. The molecule has 0 saturated carbocycles. The SMILES string of the molecule is COc1ccccc1-c1c(C)sc2cnc(Nc3cnn(CCCN4CCCC4)c3)nc12. The number of para-hydroxylation sites is 1. The third-order valence-corrected chi connectivity index (χ3v) is 6.96. The van der Waals surface area contributed by atoms with Crippen molar-refractivity contribution in [1.29, 1.82) is 0 Å². The van der Waals surface area contributed by atoms with Gasteiger partial charge in [0.15, 0.2) is 0 Å². The average molecular weight is 449 g/mol. The lowest BCUT2D eigenvalue weighted by Crippen LogP contribution is -2.21. The molecule has 5 rings (SSSR count). The fourth-order valence-corrected chi connectivity index (χ4v) is 5.37. The van der Waals surface area contributed by atoms with Crippen LogP contribution in [0, 0.1) is 6.92 Å². The normalized spacial score (nSPS) is 14.3. The van der Waals surface area contributed by atoms with E-state index in [1.165, 1.54) is 30.8 Å². The number of aromatic nitrogens is 4. The van der Waals surface area contributed by atoms with E-state index in [4.69, 9.17) is 9.72 Å². The number of nitrogens with one attached hydrogen (secondary N) is 1. The van der Waals surface area contributed by atoms with Crippen LogP contribution in [0.2, 0.25) is 0 Å². The topological polar surface area (TPSA) is 68.1 Å². The molecule has 1 fully saturated rings. The highest BCUT2D eigenvalue weighted by Crippen LogP contribution is 2.41. The lowest BCUT2D eigenvalue weighted by molar-refractivity contribution is 0.322. The number of benzene rings is 1. The van der Waals surface area contributed by atoms with Gasteiger partial charge in [0.1, 0.15) is 5.75 Å². The maximum atomic E-state index is 5.60. The molecule has 1 N–H and O–H groups in total. The number of methoxy groups -OCH3 is 1. The van der Waals surface area contributed by atoms with Crippen LogP contribution in [0.3, 0.4) is 0 Å². The van der Waals surface area contributed by atoms with Crippen molar-refractivity contribution in [3.63, 3.8) is 0 Å². The summed E-state index contributed by atoms with van der Waals surface area (Å²) in [6.07, 6.45) is 9.54. The Labute approximate surface area is 192 Å². The Hall–Kier alpha value is -2.97. The number of ether oxygens (including phenoxy) is 1. The molecule has 0 bridgehead atoms. The fraction of sp³-hybridized carbons (Fsp3) is 0.375. The molecule has 0 atom stereocenters. The number of likely N-dealkylation sites (tertiary alicyclic amines) is 1. The van der Waals surface area contributed by atoms with Gasteiger partial charge in [-0.05, 0) is 51.9 Å². The number of thiophene rings is 1. The van der Waals surface area contributed by atoms with Crippen LogP contribution in [-0.4, -0.2) is 51.4 Å². The Morgan fingerprint density at radius 1 is 1.12 bits per heavy atom. The number of hydrogen-bond acceptors (Lipinski definition) is 7. The second-order valence-electron chi connectivity index (χ2n) is 8.16. The van der Waals surface area contributed by atoms with Gasteiger partial charge in [-0.2, -0.15) is 5.10 Å². The molecule has 8 heteroatoms. The van der Waals surface area contributed by atoms with E-state index < -0.39 is 0 Å². The van der Waals surface area contributed by atoms with Gasteiger partial charge in [0, 0.05) is 28.7 Å². The summed E-state index contributed by atoms with van der Waals surface area (Å²) in [6, 6.07) is 8.07. The first-order valence-corrected chi connectivity index (χ1v) is 11.9. The van der Waals surface area contributed by atoms with Gasteiger partial charge >= 0.3 is 0 Å². The van der Waals surface area contributed by atoms with Gasteiger partial charge in [0.2, 0.25) is 5.95 Å². The first kappa shape index (κ1) is 20.9. The maximum absolute atomic E-state index is 5.60. The smallest absolute Gasteiger partial charge is 0.227 e. The van der Waals surface area contributed by atoms with Crippen LogP contribution in [-0.2, 0) is 6.54 Å². The Kier molecular flexibility index (Phi) is 6.05. The van der Waals surface area contributed by atoms with Gasteiger partial charge < -0.3 is 15.0 Å². The maximum Gasteiger partial charge on any atom is 0.227 e. The predicted molar refractivity (Wildman–Crippen MR) is 130 cm³/mol. The monoisotopic (exact) mass is 448 g/mol. The Balaban J connectivity index is 1.34. The third kappa shape index (κ3) is 4.33. The van der Waals surface area contributed by atoms with Crippen molar-refractivity contribution in [3.05, 3.63) is 47.7 Å². The van der Waals surface area contributed by atoms with Gasteiger partial charge in [-0.15, -0.1) is 11.3 Å². The molecule has 0 aliphatic carbocycles. The molecule has 32 heavy (non-hydrogen) atoms. The molecule has 166 valence electrons. The van der Waals surface area contributed by atoms with Crippen LogP contribution in [0.5, 0.6) is 5.75 Å². The summed E-state index contributed by atoms with van der Waals surface area (Å²) in [5, 5.41) is 7.82. The van der Waals surface area contributed by atoms with E-state index >= 15 is 0 Å². The van der Waals surface area contributed by atoms with Crippen LogP contribution in [0.1, 0.15) is 24.1 Å². The Bertz CT molecular complexity index is 1210. The standard InChI is InChI=1S/C24H28N6OS/c1-17-22(19-8-3-4-9-20(19)31-2)23-21(32-17)15-25-24(28-23)27-18-14-26-30(16-18)13-7-12-29-10-5-6-11-29/h3-4,8-9,14-16H,5-7,10-13H2,1-2H3,(H,25,27,28). The second kappa shape index (κ2) is 9.26. The van der Waals surface area contributed by atoms with E-state index in [9.17, 15) is 0 Å². The molecule has 7 nitrogen and oxygen atoms in total. The molecule has 0 spiro atoms. The zero-order chi connectivity index (χ0) is 21.9. The summed E-state index contributed by atoms with van der Waals surface area (Å²) >= 11 is 1.70. The minimum absolute atomic E-state index is 0.572. The van der Waals surface area contributed by atoms with E-state index in [0.29, 0.717) is 5.95 Å². The van der Waals surface area contributed by atoms with Crippen LogP contribution in [0.25, 0.3) is 21.3 Å².